The number of aliphatic hydroxyl groups excluding tert-OH is 1. The molecule has 0 aliphatic carbocycles. The van der Waals surface area contributed by atoms with Gasteiger partial charge in [-0.25, -0.2) is 4.39 Å². The molecule has 24 heavy (non-hydrogen) atoms. The minimum atomic E-state index is -0.588. The van der Waals surface area contributed by atoms with Crippen molar-refractivity contribution in [3.05, 3.63) is 53.7 Å². The molecule has 1 aromatic carbocycles. The van der Waals surface area contributed by atoms with Gasteiger partial charge >= 0.3 is 0 Å². The minimum Gasteiger partial charge on any atom is -0.486 e. The van der Waals surface area contributed by atoms with Crippen LogP contribution in [0.1, 0.15) is 36.6 Å². The van der Waals surface area contributed by atoms with E-state index in [4.69, 9.17) is 9.15 Å². The third-order valence-electron chi connectivity index (χ3n) is 3.85. The summed E-state index contributed by atoms with van der Waals surface area (Å²) >= 11 is 0. The van der Waals surface area contributed by atoms with Crippen LogP contribution in [0.2, 0.25) is 0 Å². The lowest BCUT2D eigenvalue weighted by Crippen LogP contribution is -2.35. The first-order chi connectivity index (χ1) is 11.5. The Morgan fingerprint density at radius 3 is 2.67 bits per heavy atom. The minimum absolute atomic E-state index is 0.113. The fourth-order valence-electron chi connectivity index (χ4n) is 2.02. The first kappa shape index (κ1) is 18.0. The van der Waals surface area contributed by atoms with Gasteiger partial charge in [-0.15, -0.1) is 0 Å². The molecule has 6 heteroatoms. The fraction of sp³-hybridized carbons (Fsp3) is 0.389. The Morgan fingerprint density at radius 1 is 1.29 bits per heavy atom. The van der Waals surface area contributed by atoms with E-state index < -0.39 is 6.10 Å². The summed E-state index contributed by atoms with van der Waals surface area (Å²) in [6, 6.07) is 8.83. The van der Waals surface area contributed by atoms with E-state index >= 15 is 0 Å². The average molecular weight is 335 g/mol. The lowest BCUT2D eigenvalue weighted by molar-refractivity contribution is 0.0824. The molecule has 0 aliphatic rings. The molecule has 0 bridgehead atoms. The van der Waals surface area contributed by atoms with Crippen molar-refractivity contribution in [1.82, 2.24) is 5.32 Å². The van der Waals surface area contributed by atoms with Crippen molar-refractivity contribution in [1.29, 1.82) is 0 Å². The highest BCUT2D eigenvalue weighted by Crippen LogP contribution is 2.15. The van der Waals surface area contributed by atoms with Crippen LogP contribution in [0.15, 0.2) is 40.8 Å². The molecule has 1 aromatic heterocycles. The number of benzene rings is 1. The van der Waals surface area contributed by atoms with Crippen LogP contribution in [0.5, 0.6) is 5.75 Å². The van der Waals surface area contributed by atoms with Crippen LogP contribution < -0.4 is 10.1 Å². The van der Waals surface area contributed by atoms with Crippen molar-refractivity contribution < 1.29 is 23.4 Å². The molecule has 2 rings (SSSR count). The number of aliphatic hydroxyl groups is 1. The van der Waals surface area contributed by atoms with E-state index in [1.165, 1.54) is 24.3 Å². The van der Waals surface area contributed by atoms with Gasteiger partial charge in [0.2, 0.25) is 0 Å². The lowest BCUT2D eigenvalue weighted by Gasteiger charge is -2.17. The molecule has 0 aliphatic heterocycles. The Kier molecular flexibility index (Phi) is 6.37. The van der Waals surface area contributed by atoms with E-state index in [0.29, 0.717) is 11.5 Å². The topological polar surface area (TPSA) is 71.7 Å². The molecule has 2 N–H and O–H groups in total. The number of furan rings is 1. The molecule has 0 fully saturated rings. The summed E-state index contributed by atoms with van der Waals surface area (Å²) < 4.78 is 23.7. The largest absolute Gasteiger partial charge is 0.486 e. The third kappa shape index (κ3) is 5.09. The molecule has 0 saturated heterocycles. The highest BCUT2D eigenvalue weighted by atomic mass is 19.1. The zero-order valence-electron chi connectivity index (χ0n) is 13.8. The Balaban J connectivity index is 1.83. The number of rotatable bonds is 8. The molecule has 0 spiro atoms. The highest BCUT2D eigenvalue weighted by molar-refractivity contribution is 5.91. The van der Waals surface area contributed by atoms with Crippen LogP contribution in [-0.2, 0) is 6.61 Å². The van der Waals surface area contributed by atoms with Crippen molar-refractivity contribution >= 4 is 5.91 Å². The average Bonchev–Trinajstić information content (AvgIpc) is 3.07. The summed E-state index contributed by atoms with van der Waals surface area (Å²) in [7, 11) is 0. The van der Waals surface area contributed by atoms with E-state index in [-0.39, 0.29) is 36.6 Å². The van der Waals surface area contributed by atoms with Crippen molar-refractivity contribution in [3.8, 4) is 5.75 Å². The van der Waals surface area contributed by atoms with Crippen LogP contribution >= 0.6 is 0 Å². The number of halogens is 1. The second-order valence-corrected chi connectivity index (χ2v) is 5.67. The standard InChI is InChI=1S/C18H22FNO4/c1-3-12(2)16(21)10-20-18(22)17-9-8-15(24-17)11-23-14-6-4-13(19)5-7-14/h4-9,12,16,21H,3,10-11H2,1-2H3,(H,20,22). The van der Waals surface area contributed by atoms with Crippen LogP contribution in [0.4, 0.5) is 4.39 Å². The summed E-state index contributed by atoms with van der Waals surface area (Å²) in [5.74, 6) is 0.539. The van der Waals surface area contributed by atoms with Gasteiger partial charge in [-0.05, 0) is 42.3 Å². The molecule has 130 valence electrons. The first-order valence-corrected chi connectivity index (χ1v) is 7.93. The zero-order chi connectivity index (χ0) is 17.5. The van der Waals surface area contributed by atoms with Gasteiger partial charge in [-0.2, -0.15) is 0 Å². The van der Waals surface area contributed by atoms with Gasteiger partial charge in [0.05, 0.1) is 6.10 Å². The number of hydrogen-bond donors (Lipinski definition) is 2. The van der Waals surface area contributed by atoms with E-state index in [1.807, 2.05) is 13.8 Å². The number of nitrogens with one attached hydrogen (secondary N) is 1. The number of carbonyl (C=O) groups excluding carboxylic acids is 1. The van der Waals surface area contributed by atoms with Gasteiger partial charge in [0.1, 0.15) is 23.9 Å². The predicted octanol–water partition coefficient (Wildman–Crippen LogP) is 3.13. The maximum Gasteiger partial charge on any atom is 0.287 e. The Hall–Kier alpha value is -2.34. The summed E-state index contributed by atoms with van der Waals surface area (Å²) in [6.07, 6.45) is 0.248. The molecular formula is C18H22FNO4. The zero-order valence-corrected chi connectivity index (χ0v) is 13.8. The third-order valence-corrected chi connectivity index (χ3v) is 3.85. The highest BCUT2D eigenvalue weighted by Gasteiger charge is 2.16. The summed E-state index contributed by atoms with van der Waals surface area (Å²) in [4.78, 5) is 12.0. The molecule has 1 amide bonds. The molecule has 2 atom stereocenters. The Labute approximate surface area is 140 Å². The molecular weight excluding hydrogens is 313 g/mol. The normalized spacial score (nSPS) is 13.3. The van der Waals surface area contributed by atoms with E-state index in [2.05, 4.69) is 5.32 Å². The Bertz CT molecular complexity index is 653. The molecule has 1 heterocycles. The molecule has 0 radical (unpaired) electrons. The van der Waals surface area contributed by atoms with Crippen LogP contribution in [0.3, 0.4) is 0 Å². The number of carbonyl (C=O) groups is 1. The quantitative estimate of drug-likeness (QED) is 0.777. The van der Waals surface area contributed by atoms with Gasteiger partial charge in [0.15, 0.2) is 5.76 Å². The van der Waals surface area contributed by atoms with Gasteiger partial charge in [0.25, 0.3) is 5.91 Å². The number of ether oxygens (including phenoxy) is 1. The van der Waals surface area contributed by atoms with Gasteiger partial charge in [0, 0.05) is 6.54 Å². The van der Waals surface area contributed by atoms with Crippen LogP contribution in [0.25, 0.3) is 0 Å². The van der Waals surface area contributed by atoms with Gasteiger partial charge in [-0.3, -0.25) is 4.79 Å². The van der Waals surface area contributed by atoms with E-state index in [1.54, 1.807) is 12.1 Å². The van der Waals surface area contributed by atoms with Crippen molar-refractivity contribution in [2.75, 3.05) is 6.54 Å². The van der Waals surface area contributed by atoms with Crippen molar-refractivity contribution in [2.45, 2.75) is 33.0 Å². The number of hydrogen-bond acceptors (Lipinski definition) is 4. The molecule has 2 unspecified atom stereocenters. The predicted molar refractivity (Wildman–Crippen MR) is 87.2 cm³/mol. The maximum absolute atomic E-state index is 12.8. The van der Waals surface area contributed by atoms with E-state index in [9.17, 15) is 14.3 Å². The molecule has 2 aromatic rings. The maximum atomic E-state index is 12.8. The van der Waals surface area contributed by atoms with Gasteiger partial charge < -0.3 is 19.6 Å². The smallest absolute Gasteiger partial charge is 0.287 e. The SMILES string of the molecule is CCC(C)C(O)CNC(=O)c1ccc(COc2ccc(F)cc2)o1. The summed E-state index contributed by atoms with van der Waals surface area (Å²) in [5, 5.41) is 12.5. The Morgan fingerprint density at radius 2 is 2.00 bits per heavy atom. The molecule has 0 saturated carbocycles. The second-order valence-electron chi connectivity index (χ2n) is 5.67. The monoisotopic (exact) mass is 335 g/mol. The van der Waals surface area contributed by atoms with Crippen molar-refractivity contribution in [3.63, 3.8) is 0 Å². The lowest BCUT2D eigenvalue weighted by atomic mass is 10.0. The second kappa shape index (κ2) is 8.49. The van der Waals surface area contributed by atoms with Crippen LogP contribution in [0, 0.1) is 11.7 Å². The fourth-order valence-corrected chi connectivity index (χ4v) is 2.02. The number of amides is 1. The van der Waals surface area contributed by atoms with Crippen molar-refractivity contribution in [2.24, 2.45) is 5.92 Å². The van der Waals surface area contributed by atoms with Gasteiger partial charge in [-0.1, -0.05) is 20.3 Å². The van der Waals surface area contributed by atoms with E-state index in [0.717, 1.165) is 6.42 Å². The van der Waals surface area contributed by atoms with Crippen LogP contribution in [-0.4, -0.2) is 23.7 Å². The molecule has 5 nitrogen and oxygen atoms in total. The first-order valence-electron chi connectivity index (χ1n) is 7.93. The summed E-state index contributed by atoms with van der Waals surface area (Å²) in [5.41, 5.74) is 0. The summed E-state index contributed by atoms with van der Waals surface area (Å²) in [6.45, 7) is 4.22.